The Kier molecular flexibility index (Phi) is 6.22. The van der Waals surface area contributed by atoms with Gasteiger partial charge in [-0.05, 0) is 49.9 Å². The van der Waals surface area contributed by atoms with E-state index in [1.54, 1.807) is 13.2 Å². The molecule has 1 aromatic carbocycles. The van der Waals surface area contributed by atoms with Crippen LogP contribution >= 0.6 is 0 Å². The zero-order valence-corrected chi connectivity index (χ0v) is 11.0. The average molecular weight is 251 g/mol. The number of carboxylic acids is 1. The first-order valence-electron chi connectivity index (χ1n) is 6.22. The second-order valence-corrected chi connectivity index (χ2v) is 4.32. The second-order valence-electron chi connectivity index (χ2n) is 4.32. The summed E-state index contributed by atoms with van der Waals surface area (Å²) in [5, 5.41) is 12.2. The third kappa shape index (κ3) is 4.75. The van der Waals surface area contributed by atoms with E-state index in [1.807, 2.05) is 19.1 Å². The smallest absolute Gasteiger partial charge is 0.335 e. The van der Waals surface area contributed by atoms with Crippen molar-refractivity contribution in [2.75, 3.05) is 25.6 Å². The van der Waals surface area contributed by atoms with Gasteiger partial charge in [0.2, 0.25) is 0 Å². The summed E-state index contributed by atoms with van der Waals surface area (Å²) in [6, 6.07) is 5.33. The topological polar surface area (TPSA) is 58.6 Å². The summed E-state index contributed by atoms with van der Waals surface area (Å²) in [4.78, 5) is 10.9. The van der Waals surface area contributed by atoms with Crippen LogP contribution in [0.15, 0.2) is 18.2 Å². The lowest BCUT2D eigenvalue weighted by atomic mass is 10.1. The van der Waals surface area contributed by atoms with Gasteiger partial charge in [-0.1, -0.05) is 0 Å². The zero-order chi connectivity index (χ0) is 13.4. The summed E-state index contributed by atoms with van der Waals surface area (Å²) in [6.07, 6.45) is 3.30. The van der Waals surface area contributed by atoms with Crippen molar-refractivity contribution < 1.29 is 14.6 Å². The standard InChI is InChI=1S/C14H21NO3/c1-11-10-12(6-7-13(11)14(16)17)15-8-4-3-5-9-18-2/h6-7,10,15H,3-5,8-9H2,1-2H3,(H,16,17). The number of carbonyl (C=O) groups is 1. The van der Waals surface area contributed by atoms with Gasteiger partial charge in [0.25, 0.3) is 0 Å². The van der Waals surface area contributed by atoms with Crippen LogP contribution in [0.25, 0.3) is 0 Å². The average Bonchev–Trinajstić information content (AvgIpc) is 2.33. The molecule has 0 bridgehead atoms. The molecule has 0 fully saturated rings. The highest BCUT2D eigenvalue weighted by molar-refractivity contribution is 5.89. The van der Waals surface area contributed by atoms with Crippen molar-refractivity contribution in [2.24, 2.45) is 0 Å². The number of benzene rings is 1. The molecule has 0 aromatic heterocycles. The first-order valence-corrected chi connectivity index (χ1v) is 6.22. The minimum Gasteiger partial charge on any atom is -0.478 e. The van der Waals surface area contributed by atoms with Crippen molar-refractivity contribution in [2.45, 2.75) is 26.2 Å². The number of anilines is 1. The molecule has 0 amide bonds. The minimum absolute atomic E-state index is 0.362. The first kappa shape index (κ1) is 14.5. The van der Waals surface area contributed by atoms with Crippen LogP contribution in [0.4, 0.5) is 5.69 Å². The number of hydrogen-bond donors (Lipinski definition) is 2. The predicted octanol–water partition coefficient (Wildman–Crippen LogP) is 2.92. The highest BCUT2D eigenvalue weighted by Gasteiger charge is 2.06. The lowest BCUT2D eigenvalue weighted by Gasteiger charge is -2.08. The van der Waals surface area contributed by atoms with Crippen molar-refractivity contribution in [3.05, 3.63) is 29.3 Å². The van der Waals surface area contributed by atoms with Crippen LogP contribution in [0, 0.1) is 6.92 Å². The number of unbranched alkanes of at least 4 members (excludes halogenated alkanes) is 2. The molecule has 0 aliphatic rings. The predicted molar refractivity (Wildman–Crippen MR) is 72.4 cm³/mol. The Morgan fingerprint density at radius 1 is 1.33 bits per heavy atom. The van der Waals surface area contributed by atoms with Crippen LogP contribution in [0.3, 0.4) is 0 Å². The van der Waals surface area contributed by atoms with Crippen molar-refractivity contribution in [1.82, 2.24) is 0 Å². The van der Waals surface area contributed by atoms with Crippen LogP contribution in [0.5, 0.6) is 0 Å². The lowest BCUT2D eigenvalue weighted by molar-refractivity contribution is 0.0696. The number of rotatable bonds is 8. The third-order valence-electron chi connectivity index (χ3n) is 2.81. The van der Waals surface area contributed by atoms with E-state index >= 15 is 0 Å². The summed E-state index contributed by atoms with van der Waals surface area (Å²) < 4.78 is 4.98. The van der Waals surface area contributed by atoms with Crippen LogP contribution < -0.4 is 5.32 Å². The quantitative estimate of drug-likeness (QED) is 0.697. The normalized spacial score (nSPS) is 10.3. The van der Waals surface area contributed by atoms with Crippen LogP contribution in [0.1, 0.15) is 35.2 Å². The Morgan fingerprint density at radius 2 is 2.11 bits per heavy atom. The van der Waals surface area contributed by atoms with Crippen molar-refractivity contribution in [1.29, 1.82) is 0 Å². The molecule has 0 radical (unpaired) electrons. The monoisotopic (exact) mass is 251 g/mol. The SMILES string of the molecule is COCCCCCNc1ccc(C(=O)O)c(C)c1. The largest absolute Gasteiger partial charge is 0.478 e. The summed E-state index contributed by atoms with van der Waals surface area (Å²) in [5.74, 6) is -0.876. The first-order chi connectivity index (χ1) is 8.65. The molecule has 4 nitrogen and oxygen atoms in total. The molecule has 1 aromatic rings. The molecule has 4 heteroatoms. The van der Waals surface area contributed by atoms with Gasteiger partial charge in [0.05, 0.1) is 5.56 Å². The minimum atomic E-state index is -0.876. The van der Waals surface area contributed by atoms with E-state index in [0.717, 1.165) is 43.7 Å². The molecule has 0 heterocycles. The Labute approximate surface area is 108 Å². The lowest BCUT2D eigenvalue weighted by Crippen LogP contribution is -2.04. The number of aromatic carboxylic acids is 1. The molecule has 100 valence electrons. The van der Waals surface area contributed by atoms with E-state index < -0.39 is 5.97 Å². The van der Waals surface area contributed by atoms with E-state index in [4.69, 9.17) is 9.84 Å². The van der Waals surface area contributed by atoms with E-state index in [1.165, 1.54) is 0 Å². The number of aryl methyl sites for hydroxylation is 1. The number of hydrogen-bond acceptors (Lipinski definition) is 3. The fourth-order valence-electron chi connectivity index (χ4n) is 1.79. The highest BCUT2D eigenvalue weighted by Crippen LogP contribution is 2.15. The Bertz CT molecular complexity index is 391. The maximum atomic E-state index is 10.9. The van der Waals surface area contributed by atoms with Gasteiger partial charge in [-0.2, -0.15) is 0 Å². The third-order valence-corrected chi connectivity index (χ3v) is 2.81. The van der Waals surface area contributed by atoms with Gasteiger partial charge in [-0.25, -0.2) is 4.79 Å². The van der Waals surface area contributed by atoms with Gasteiger partial charge in [-0.15, -0.1) is 0 Å². The molecular weight excluding hydrogens is 230 g/mol. The van der Waals surface area contributed by atoms with Crippen molar-refractivity contribution in [3.8, 4) is 0 Å². The summed E-state index contributed by atoms with van der Waals surface area (Å²) >= 11 is 0. The number of methoxy groups -OCH3 is 1. The van der Waals surface area contributed by atoms with Gasteiger partial charge < -0.3 is 15.2 Å². The molecule has 0 aliphatic carbocycles. The van der Waals surface area contributed by atoms with E-state index in [9.17, 15) is 4.79 Å². The van der Waals surface area contributed by atoms with Gasteiger partial charge >= 0.3 is 5.97 Å². The molecule has 18 heavy (non-hydrogen) atoms. The van der Waals surface area contributed by atoms with Crippen LogP contribution in [0.2, 0.25) is 0 Å². The molecular formula is C14H21NO3. The maximum absolute atomic E-state index is 10.9. The number of nitrogens with one attached hydrogen (secondary N) is 1. The van der Waals surface area contributed by atoms with Crippen molar-refractivity contribution >= 4 is 11.7 Å². The summed E-state index contributed by atoms with van der Waals surface area (Å²) in [6.45, 7) is 3.52. The molecule has 0 unspecified atom stereocenters. The Balaban J connectivity index is 2.35. The molecule has 2 N–H and O–H groups in total. The number of carboxylic acid groups (broad SMARTS) is 1. The van der Waals surface area contributed by atoms with Gasteiger partial charge in [0, 0.05) is 25.9 Å². The molecule has 0 aliphatic heterocycles. The fraction of sp³-hybridized carbons (Fsp3) is 0.500. The van der Waals surface area contributed by atoms with Gasteiger partial charge in [-0.3, -0.25) is 0 Å². The maximum Gasteiger partial charge on any atom is 0.335 e. The summed E-state index contributed by atoms with van der Waals surface area (Å²) in [5.41, 5.74) is 2.12. The Morgan fingerprint density at radius 3 is 2.72 bits per heavy atom. The highest BCUT2D eigenvalue weighted by atomic mass is 16.5. The Hall–Kier alpha value is -1.55. The molecule has 1 rings (SSSR count). The van der Waals surface area contributed by atoms with E-state index in [0.29, 0.717) is 5.56 Å². The van der Waals surface area contributed by atoms with Crippen LogP contribution in [-0.4, -0.2) is 31.3 Å². The molecule has 0 spiro atoms. The molecule has 0 saturated carbocycles. The fourth-order valence-corrected chi connectivity index (χ4v) is 1.79. The van der Waals surface area contributed by atoms with E-state index in [-0.39, 0.29) is 0 Å². The molecule has 0 saturated heterocycles. The second kappa shape index (κ2) is 7.71. The van der Waals surface area contributed by atoms with E-state index in [2.05, 4.69) is 5.32 Å². The van der Waals surface area contributed by atoms with Gasteiger partial charge in [0.15, 0.2) is 0 Å². The van der Waals surface area contributed by atoms with Gasteiger partial charge in [0.1, 0.15) is 0 Å². The van der Waals surface area contributed by atoms with Crippen molar-refractivity contribution in [3.63, 3.8) is 0 Å². The molecule has 0 atom stereocenters. The van der Waals surface area contributed by atoms with Crippen LogP contribution in [-0.2, 0) is 4.74 Å². The summed E-state index contributed by atoms with van der Waals surface area (Å²) in [7, 11) is 1.71. The number of ether oxygens (including phenoxy) is 1. The zero-order valence-electron chi connectivity index (χ0n) is 11.0.